The Balaban J connectivity index is 1.41. The molecular weight excluding hydrogens is 366 g/mol. The molecule has 2 aromatic rings. The fraction of sp³-hybridized carbons (Fsp3) is 0.348. The molecule has 154 valence electrons. The minimum Gasteiger partial charge on any atom is -0.493 e. The summed E-state index contributed by atoms with van der Waals surface area (Å²) < 4.78 is 10.5. The number of hydrogen-bond acceptors (Lipinski definition) is 5. The van der Waals surface area contributed by atoms with E-state index >= 15 is 0 Å². The largest absolute Gasteiger partial charge is 0.493 e. The number of ether oxygens (including phenoxy) is 2. The summed E-state index contributed by atoms with van der Waals surface area (Å²) in [5.74, 6) is 1.42. The van der Waals surface area contributed by atoms with Crippen molar-refractivity contribution in [3.63, 3.8) is 0 Å². The van der Waals surface area contributed by atoms with Gasteiger partial charge in [-0.25, -0.2) is 0 Å². The molecule has 1 fully saturated rings. The summed E-state index contributed by atoms with van der Waals surface area (Å²) >= 11 is 0. The number of nitrogens with zero attached hydrogens (tertiary/aromatic N) is 2. The third-order valence-electron chi connectivity index (χ3n) is 5.03. The van der Waals surface area contributed by atoms with E-state index in [0.717, 1.165) is 38.4 Å². The van der Waals surface area contributed by atoms with Crippen molar-refractivity contribution in [2.75, 3.05) is 58.8 Å². The summed E-state index contributed by atoms with van der Waals surface area (Å²) in [6.45, 7) is 4.46. The molecule has 2 aromatic carbocycles. The van der Waals surface area contributed by atoms with Gasteiger partial charge >= 0.3 is 0 Å². The quantitative estimate of drug-likeness (QED) is 0.745. The lowest BCUT2D eigenvalue weighted by Crippen LogP contribution is -2.50. The summed E-state index contributed by atoms with van der Waals surface area (Å²) in [6.07, 6.45) is 4.33. The van der Waals surface area contributed by atoms with Gasteiger partial charge in [-0.15, -0.1) is 0 Å². The molecule has 1 amide bonds. The minimum atomic E-state index is 0.110. The zero-order chi connectivity index (χ0) is 20.5. The number of carbonyl (C=O) groups is 1. The Morgan fingerprint density at radius 1 is 1.00 bits per heavy atom. The average molecular weight is 396 g/mol. The number of hydrogen-bond donors (Lipinski definition) is 1. The van der Waals surface area contributed by atoms with Crippen LogP contribution in [-0.4, -0.2) is 69.2 Å². The normalized spacial score (nSPS) is 14.8. The SMILES string of the molecule is COc1ccc(NCC(=O)N2CCN(C/C=C/c3ccccc3)CC2)cc1OC. The molecule has 3 rings (SSSR count). The van der Waals surface area contributed by atoms with Crippen molar-refractivity contribution in [1.82, 2.24) is 9.80 Å². The van der Waals surface area contributed by atoms with E-state index in [2.05, 4.69) is 34.5 Å². The van der Waals surface area contributed by atoms with Crippen LogP contribution in [0.4, 0.5) is 5.69 Å². The number of rotatable bonds is 8. The van der Waals surface area contributed by atoms with Crippen molar-refractivity contribution in [2.45, 2.75) is 0 Å². The molecule has 1 aliphatic heterocycles. The third kappa shape index (κ3) is 5.99. The second-order valence-corrected chi connectivity index (χ2v) is 6.92. The Morgan fingerprint density at radius 3 is 2.41 bits per heavy atom. The molecule has 0 atom stereocenters. The Morgan fingerprint density at radius 2 is 1.72 bits per heavy atom. The van der Waals surface area contributed by atoms with Crippen LogP contribution in [0.1, 0.15) is 5.56 Å². The predicted molar refractivity (Wildman–Crippen MR) is 117 cm³/mol. The zero-order valence-electron chi connectivity index (χ0n) is 17.1. The van der Waals surface area contributed by atoms with Gasteiger partial charge in [0.25, 0.3) is 0 Å². The van der Waals surface area contributed by atoms with Gasteiger partial charge in [-0.05, 0) is 17.7 Å². The van der Waals surface area contributed by atoms with Crippen LogP contribution in [0, 0.1) is 0 Å². The summed E-state index contributed by atoms with van der Waals surface area (Å²) in [5, 5.41) is 3.18. The standard InChI is InChI=1S/C23H29N3O3/c1-28-21-11-10-20(17-22(21)29-2)24-18-23(27)26-15-13-25(14-16-26)12-6-9-19-7-4-3-5-8-19/h3-11,17,24H,12-16,18H2,1-2H3/b9-6+. The summed E-state index contributed by atoms with van der Waals surface area (Å²) in [4.78, 5) is 16.8. The first-order chi connectivity index (χ1) is 14.2. The van der Waals surface area contributed by atoms with E-state index < -0.39 is 0 Å². The number of nitrogens with one attached hydrogen (secondary N) is 1. The monoisotopic (exact) mass is 395 g/mol. The first-order valence-corrected chi connectivity index (χ1v) is 9.87. The van der Waals surface area contributed by atoms with Crippen molar-refractivity contribution < 1.29 is 14.3 Å². The molecular formula is C23H29N3O3. The second kappa shape index (κ2) is 10.5. The van der Waals surface area contributed by atoms with E-state index in [9.17, 15) is 4.79 Å². The number of carbonyl (C=O) groups excluding carboxylic acids is 1. The fourth-order valence-electron chi connectivity index (χ4n) is 3.32. The van der Waals surface area contributed by atoms with Crippen LogP contribution in [0.5, 0.6) is 11.5 Å². The van der Waals surface area contributed by atoms with Crippen molar-refractivity contribution in [3.8, 4) is 11.5 Å². The summed E-state index contributed by atoms with van der Waals surface area (Å²) in [6, 6.07) is 15.8. The molecule has 6 heteroatoms. The van der Waals surface area contributed by atoms with Gasteiger partial charge in [0.05, 0.1) is 20.8 Å². The van der Waals surface area contributed by atoms with Gasteiger partial charge in [0.15, 0.2) is 11.5 Å². The van der Waals surface area contributed by atoms with Crippen LogP contribution in [-0.2, 0) is 4.79 Å². The first kappa shape index (κ1) is 20.7. The molecule has 0 bridgehead atoms. The van der Waals surface area contributed by atoms with Crippen LogP contribution in [0.3, 0.4) is 0 Å². The van der Waals surface area contributed by atoms with Crippen molar-refractivity contribution >= 4 is 17.7 Å². The topological polar surface area (TPSA) is 54.0 Å². The van der Waals surface area contributed by atoms with Crippen LogP contribution < -0.4 is 14.8 Å². The smallest absolute Gasteiger partial charge is 0.241 e. The maximum atomic E-state index is 12.5. The lowest BCUT2D eigenvalue weighted by atomic mass is 10.2. The molecule has 0 unspecified atom stereocenters. The summed E-state index contributed by atoms with van der Waals surface area (Å²) in [7, 11) is 3.20. The van der Waals surface area contributed by atoms with E-state index in [1.165, 1.54) is 5.56 Å². The molecule has 0 aromatic heterocycles. The van der Waals surface area contributed by atoms with Gasteiger partial charge in [-0.2, -0.15) is 0 Å². The molecule has 0 aliphatic carbocycles. The van der Waals surface area contributed by atoms with Gasteiger partial charge in [0, 0.05) is 44.5 Å². The van der Waals surface area contributed by atoms with Gasteiger partial charge < -0.3 is 19.7 Å². The second-order valence-electron chi connectivity index (χ2n) is 6.92. The van der Waals surface area contributed by atoms with Gasteiger partial charge in [-0.3, -0.25) is 9.69 Å². The number of anilines is 1. The number of amides is 1. The number of benzene rings is 2. The highest BCUT2D eigenvalue weighted by Gasteiger charge is 2.20. The van der Waals surface area contributed by atoms with Crippen LogP contribution in [0.25, 0.3) is 6.08 Å². The fourth-order valence-corrected chi connectivity index (χ4v) is 3.32. The van der Waals surface area contributed by atoms with E-state index in [-0.39, 0.29) is 12.5 Å². The van der Waals surface area contributed by atoms with Gasteiger partial charge in [0.1, 0.15) is 0 Å². The summed E-state index contributed by atoms with van der Waals surface area (Å²) in [5.41, 5.74) is 2.04. The van der Waals surface area contributed by atoms with Crippen molar-refractivity contribution in [1.29, 1.82) is 0 Å². The lowest BCUT2D eigenvalue weighted by molar-refractivity contribution is -0.130. The molecule has 1 saturated heterocycles. The minimum absolute atomic E-state index is 0.110. The van der Waals surface area contributed by atoms with Gasteiger partial charge in [0.2, 0.25) is 5.91 Å². The molecule has 1 heterocycles. The Hall–Kier alpha value is -2.99. The van der Waals surface area contributed by atoms with E-state index in [1.807, 2.05) is 41.3 Å². The third-order valence-corrected chi connectivity index (χ3v) is 5.03. The van der Waals surface area contributed by atoms with E-state index in [0.29, 0.717) is 11.5 Å². The maximum absolute atomic E-state index is 12.5. The molecule has 0 spiro atoms. The Bertz CT molecular complexity index is 815. The van der Waals surface area contributed by atoms with E-state index in [4.69, 9.17) is 9.47 Å². The number of methoxy groups -OCH3 is 2. The lowest BCUT2D eigenvalue weighted by Gasteiger charge is -2.34. The predicted octanol–water partition coefficient (Wildman–Crippen LogP) is 2.97. The van der Waals surface area contributed by atoms with Gasteiger partial charge in [-0.1, -0.05) is 42.5 Å². The maximum Gasteiger partial charge on any atom is 0.241 e. The Kier molecular flexibility index (Phi) is 7.53. The highest BCUT2D eigenvalue weighted by Crippen LogP contribution is 2.29. The molecule has 0 radical (unpaired) electrons. The first-order valence-electron chi connectivity index (χ1n) is 9.87. The highest BCUT2D eigenvalue weighted by molar-refractivity contribution is 5.81. The molecule has 1 N–H and O–H groups in total. The van der Waals surface area contributed by atoms with Crippen LogP contribution >= 0.6 is 0 Å². The van der Waals surface area contributed by atoms with Crippen molar-refractivity contribution in [2.24, 2.45) is 0 Å². The molecule has 0 saturated carbocycles. The number of piperazine rings is 1. The highest BCUT2D eigenvalue weighted by atomic mass is 16.5. The Labute approximate surface area is 172 Å². The zero-order valence-corrected chi connectivity index (χ0v) is 17.1. The average Bonchev–Trinajstić information content (AvgIpc) is 2.78. The van der Waals surface area contributed by atoms with Crippen molar-refractivity contribution in [3.05, 3.63) is 60.2 Å². The molecule has 1 aliphatic rings. The molecule has 29 heavy (non-hydrogen) atoms. The molecule has 6 nitrogen and oxygen atoms in total. The van der Waals surface area contributed by atoms with E-state index in [1.54, 1.807) is 14.2 Å². The van der Waals surface area contributed by atoms with Crippen LogP contribution in [0.2, 0.25) is 0 Å². The van der Waals surface area contributed by atoms with Crippen LogP contribution in [0.15, 0.2) is 54.6 Å².